The maximum Gasteiger partial charge on any atom is 0.133 e. The molecular weight excluding hydrogens is 126 g/mol. The van der Waals surface area contributed by atoms with Crippen molar-refractivity contribution in [3.8, 4) is 0 Å². The van der Waals surface area contributed by atoms with Gasteiger partial charge < -0.3 is 4.52 Å². The van der Waals surface area contributed by atoms with Crippen molar-refractivity contribution in [2.45, 2.75) is 19.8 Å². The molecule has 10 heavy (non-hydrogen) atoms. The normalized spacial score (nSPS) is 9.70. The van der Waals surface area contributed by atoms with Crippen molar-refractivity contribution in [3.05, 3.63) is 30.2 Å². The molecule has 0 fully saturated rings. The Morgan fingerprint density at radius 2 is 2.60 bits per heavy atom. The molecule has 1 aromatic rings. The van der Waals surface area contributed by atoms with Crippen molar-refractivity contribution in [1.29, 1.82) is 0 Å². The van der Waals surface area contributed by atoms with Crippen LogP contribution in [0.3, 0.4) is 0 Å². The first-order valence-electron chi connectivity index (χ1n) is 3.36. The lowest BCUT2D eigenvalue weighted by Gasteiger charge is -1.84. The molecule has 1 heterocycles. The minimum Gasteiger partial charge on any atom is -0.361 e. The third kappa shape index (κ3) is 1.72. The highest BCUT2D eigenvalue weighted by atomic mass is 16.5. The second-order valence-corrected chi connectivity index (χ2v) is 2.26. The number of hydrogen-bond acceptors (Lipinski definition) is 2. The molecule has 2 heteroatoms. The van der Waals surface area contributed by atoms with Crippen LogP contribution in [0.2, 0.25) is 0 Å². The number of hydrogen-bond donors (Lipinski definition) is 0. The monoisotopic (exact) mass is 137 g/mol. The van der Waals surface area contributed by atoms with Gasteiger partial charge in [0.1, 0.15) is 5.76 Å². The molecule has 0 amide bonds. The summed E-state index contributed by atoms with van der Waals surface area (Å²) >= 11 is 0. The van der Waals surface area contributed by atoms with E-state index in [0.29, 0.717) is 0 Å². The van der Waals surface area contributed by atoms with Gasteiger partial charge in [-0.2, -0.15) is 0 Å². The van der Waals surface area contributed by atoms with Gasteiger partial charge >= 0.3 is 0 Å². The number of allylic oxidation sites excluding steroid dienone is 1. The molecule has 0 aliphatic heterocycles. The number of aryl methyl sites for hydroxylation is 2. The Labute approximate surface area is 60.5 Å². The van der Waals surface area contributed by atoms with E-state index in [9.17, 15) is 0 Å². The summed E-state index contributed by atoms with van der Waals surface area (Å²) in [7, 11) is 0. The molecule has 2 nitrogen and oxygen atoms in total. The number of aromatic nitrogens is 1. The topological polar surface area (TPSA) is 26.0 Å². The Morgan fingerprint density at radius 1 is 1.80 bits per heavy atom. The second-order valence-electron chi connectivity index (χ2n) is 2.26. The quantitative estimate of drug-likeness (QED) is 0.596. The molecule has 0 spiro atoms. The lowest BCUT2D eigenvalue weighted by Crippen LogP contribution is -1.80. The zero-order valence-corrected chi connectivity index (χ0v) is 6.13. The van der Waals surface area contributed by atoms with E-state index in [2.05, 4.69) is 11.7 Å². The van der Waals surface area contributed by atoms with Crippen molar-refractivity contribution in [2.75, 3.05) is 0 Å². The minimum atomic E-state index is 0.874. The highest BCUT2D eigenvalue weighted by molar-refractivity contribution is 5.04. The Kier molecular flexibility index (Phi) is 2.26. The van der Waals surface area contributed by atoms with Gasteiger partial charge in [-0.3, -0.25) is 0 Å². The summed E-state index contributed by atoms with van der Waals surface area (Å²) in [6.45, 7) is 5.52. The van der Waals surface area contributed by atoms with Crippen LogP contribution in [0.5, 0.6) is 0 Å². The summed E-state index contributed by atoms with van der Waals surface area (Å²) in [4.78, 5) is 0. The van der Waals surface area contributed by atoms with Crippen LogP contribution in [-0.2, 0) is 6.42 Å². The summed E-state index contributed by atoms with van der Waals surface area (Å²) in [5.74, 6) is 0.874. The molecule has 0 saturated heterocycles. The Bertz CT molecular complexity index is 215. The first kappa shape index (κ1) is 7.06. The molecule has 0 unspecified atom stereocenters. The van der Waals surface area contributed by atoms with Gasteiger partial charge in [0.25, 0.3) is 0 Å². The summed E-state index contributed by atoms with van der Waals surface area (Å²) in [5, 5.41) is 3.83. The van der Waals surface area contributed by atoms with E-state index < -0.39 is 0 Å². The summed E-state index contributed by atoms with van der Waals surface area (Å²) in [6, 6.07) is 1.95. The summed E-state index contributed by atoms with van der Waals surface area (Å²) in [6.07, 6.45) is 3.77. The third-order valence-electron chi connectivity index (χ3n) is 1.28. The maximum atomic E-state index is 4.88. The van der Waals surface area contributed by atoms with Gasteiger partial charge in [0.15, 0.2) is 0 Å². The van der Waals surface area contributed by atoms with E-state index in [1.165, 1.54) is 0 Å². The van der Waals surface area contributed by atoms with E-state index in [4.69, 9.17) is 4.52 Å². The first-order valence-corrected chi connectivity index (χ1v) is 3.36. The highest BCUT2D eigenvalue weighted by Crippen LogP contribution is 2.03. The van der Waals surface area contributed by atoms with E-state index >= 15 is 0 Å². The molecule has 0 N–H and O–H groups in total. The van der Waals surface area contributed by atoms with Crippen LogP contribution in [0.15, 0.2) is 23.2 Å². The molecule has 0 aliphatic rings. The van der Waals surface area contributed by atoms with Crippen molar-refractivity contribution in [1.82, 2.24) is 5.16 Å². The van der Waals surface area contributed by atoms with Crippen molar-refractivity contribution in [2.24, 2.45) is 0 Å². The zero-order valence-electron chi connectivity index (χ0n) is 6.13. The molecule has 0 bridgehead atoms. The van der Waals surface area contributed by atoms with Gasteiger partial charge in [-0.05, 0) is 19.8 Å². The van der Waals surface area contributed by atoms with Crippen LogP contribution in [0.25, 0.3) is 0 Å². The largest absolute Gasteiger partial charge is 0.361 e. The molecular formula is C8H11NO. The SMILES string of the molecule is C=CCCc1cc(C)on1. The van der Waals surface area contributed by atoms with Gasteiger partial charge in [0.2, 0.25) is 0 Å². The molecule has 0 atom stereocenters. The van der Waals surface area contributed by atoms with Gasteiger partial charge in [-0.1, -0.05) is 11.2 Å². The fourth-order valence-electron chi connectivity index (χ4n) is 0.786. The molecule has 0 radical (unpaired) electrons. The van der Waals surface area contributed by atoms with E-state index in [1.807, 2.05) is 19.1 Å². The van der Waals surface area contributed by atoms with Crippen LogP contribution in [0, 0.1) is 6.92 Å². The first-order chi connectivity index (χ1) is 4.83. The van der Waals surface area contributed by atoms with Gasteiger partial charge in [-0.25, -0.2) is 0 Å². The summed E-state index contributed by atoms with van der Waals surface area (Å²) in [5.41, 5.74) is 1.01. The minimum absolute atomic E-state index is 0.874. The smallest absolute Gasteiger partial charge is 0.133 e. The van der Waals surface area contributed by atoms with Gasteiger partial charge in [0, 0.05) is 6.07 Å². The highest BCUT2D eigenvalue weighted by Gasteiger charge is 1.96. The molecule has 54 valence electrons. The predicted molar refractivity (Wildman–Crippen MR) is 39.8 cm³/mol. The standard InChI is InChI=1S/C8H11NO/c1-3-4-5-8-6-7(2)10-9-8/h3,6H,1,4-5H2,2H3. The Hall–Kier alpha value is -1.05. The summed E-state index contributed by atoms with van der Waals surface area (Å²) < 4.78 is 4.88. The van der Waals surface area contributed by atoms with Gasteiger partial charge in [0.05, 0.1) is 5.69 Å². The molecule has 0 aromatic carbocycles. The fraction of sp³-hybridized carbons (Fsp3) is 0.375. The van der Waals surface area contributed by atoms with Crippen molar-refractivity contribution >= 4 is 0 Å². The fourth-order valence-corrected chi connectivity index (χ4v) is 0.786. The molecule has 0 aliphatic carbocycles. The van der Waals surface area contributed by atoms with Crippen LogP contribution in [0.1, 0.15) is 17.9 Å². The Balaban J connectivity index is 2.49. The predicted octanol–water partition coefficient (Wildman–Crippen LogP) is 2.10. The van der Waals surface area contributed by atoms with E-state index in [0.717, 1.165) is 24.3 Å². The van der Waals surface area contributed by atoms with Crippen molar-refractivity contribution in [3.63, 3.8) is 0 Å². The Morgan fingerprint density at radius 3 is 3.10 bits per heavy atom. The average molecular weight is 137 g/mol. The average Bonchev–Trinajstić information content (AvgIpc) is 2.31. The molecule has 1 aromatic heterocycles. The van der Waals surface area contributed by atoms with Crippen LogP contribution >= 0.6 is 0 Å². The zero-order chi connectivity index (χ0) is 7.40. The molecule has 0 saturated carbocycles. The maximum absolute atomic E-state index is 4.88. The van der Waals surface area contributed by atoms with E-state index in [1.54, 1.807) is 0 Å². The number of rotatable bonds is 3. The number of nitrogens with zero attached hydrogens (tertiary/aromatic N) is 1. The second kappa shape index (κ2) is 3.20. The van der Waals surface area contributed by atoms with Crippen LogP contribution < -0.4 is 0 Å². The van der Waals surface area contributed by atoms with Crippen molar-refractivity contribution < 1.29 is 4.52 Å². The van der Waals surface area contributed by atoms with Gasteiger partial charge in [-0.15, -0.1) is 6.58 Å². The lowest BCUT2D eigenvalue weighted by molar-refractivity contribution is 0.390. The van der Waals surface area contributed by atoms with E-state index in [-0.39, 0.29) is 0 Å². The van der Waals surface area contributed by atoms with Crippen LogP contribution in [0.4, 0.5) is 0 Å². The molecule has 1 rings (SSSR count). The third-order valence-corrected chi connectivity index (χ3v) is 1.28. The lowest BCUT2D eigenvalue weighted by atomic mass is 10.2. The van der Waals surface area contributed by atoms with Crippen LogP contribution in [-0.4, -0.2) is 5.16 Å².